The summed E-state index contributed by atoms with van der Waals surface area (Å²) in [7, 11) is 1.99. The van der Waals surface area contributed by atoms with Crippen molar-refractivity contribution in [1.29, 1.82) is 0 Å². The number of hydrogen-bond donors (Lipinski definition) is 3. The van der Waals surface area contributed by atoms with Crippen molar-refractivity contribution in [3.05, 3.63) is 0 Å². The number of carboxylic acid groups (broad SMARTS) is 1. The summed E-state index contributed by atoms with van der Waals surface area (Å²) in [6.45, 7) is 3.58. The Balaban J connectivity index is 2.61. The van der Waals surface area contributed by atoms with Crippen molar-refractivity contribution in [2.75, 3.05) is 33.3 Å². The van der Waals surface area contributed by atoms with E-state index in [1.165, 1.54) is 0 Å². The number of rotatable bonds is 3. The van der Waals surface area contributed by atoms with Crippen molar-refractivity contribution in [3.8, 4) is 0 Å². The van der Waals surface area contributed by atoms with Gasteiger partial charge in [0, 0.05) is 19.1 Å². The van der Waals surface area contributed by atoms with E-state index in [9.17, 15) is 9.59 Å². The minimum atomic E-state index is -1.24. The maximum Gasteiger partial charge on any atom is 0.328 e. The lowest BCUT2D eigenvalue weighted by atomic mass is 10.2. The average Bonchev–Trinajstić information content (AvgIpc) is 2.46. The summed E-state index contributed by atoms with van der Waals surface area (Å²) < 4.78 is 0. The van der Waals surface area contributed by atoms with Gasteiger partial charge in [-0.1, -0.05) is 0 Å². The van der Waals surface area contributed by atoms with Crippen LogP contribution in [0, 0.1) is 0 Å². The molecule has 104 valence electrons. The predicted molar refractivity (Wildman–Crippen MR) is 65.3 cm³/mol. The van der Waals surface area contributed by atoms with Crippen LogP contribution in [0.3, 0.4) is 0 Å². The molecule has 0 radical (unpaired) electrons. The van der Waals surface area contributed by atoms with Crippen LogP contribution in [0.4, 0.5) is 4.79 Å². The van der Waals surface area contributed by atoms with Crippen LogP contribution in [0.25, 0.3) is 0 Å². The second-order valence-corrected chi connectivity index (χ2v) is 4.68. The summed E-state index contributed by atoms with van der Waals surface area (Å²) in [6, 6.07) is -1.66. The van der Waals surface area contributed by atoms with Gasteiger partial charge in [-0.15, -0.1) is 0 Å². The molecule has 1 aliphatic rings. The molecular weight excluding hydrogens is 238 g/mol. The number of carbonyl (C=O) groups is 2. The van der Waals surface area contributed by atoms with Crippen LogP contribution in [0.1, 0.15) is 13.3 Å². The number of hydrogen-bond acceptors (Lipinski definition) is 4. The monoisotopic (exact) mass is 259 g/mol. The molecule has 0 aromatic rings. The number of urea groups is 1. The Kier molecular flexibility index (Phi) is 5.36. The normalized spacial score (nSPS) is 23.3. The number of aliphatic hydroxyl groups excluding tert-OH is 1. The van der Waals surface area contributed by atoms with Crippen LogP contribution < -0.4 is 5.32 Å². The Morgan fingerprint density at radius 2 is 2.11 bits per heavy atom. The number of amides is 2. The van der Waals surface area contributed by atoms with Gasteiger partial charge in [-0.3, -0.25) is 0 Å². The first kappa shape index (κ1) is 14.7. The van der Waals surface area contributed by atoms with Crippen LogP contribution in [0.2, 0.25) is 0 Å². The zero-order valence-electron chi connectivity index (χ0n) is 10.8. The zero-order valence-corrected chi connectivity index (χ0v) is 10.8. The molecule has 0 spiro atoms. The van der Waals surface area contributed by atoms with Crippen LogP contribution in [0.15, 0.2) is 0 Å². The van der Waals surface area contributed by atoms with Crippen molar-refractivity contribution in [3.63, 3.8) is 0 Å². The Morgan fingerprint density at radius 1 is 1.44 bits per heavy atom. The first-order chi connectivity index (χ1) is 8.45. The minimum absolute atomic E-state index is 0.0191. The van der Waals surface area contributed by atoms with Crippen LogP contribution in [0.5, 0.6) is 0 Å². The number of likely N-dealkylation sites (N-methyl/N-ethyl adjacent to an activating group) is 1. The highest BCUT2D eigenvalue weighted by Crippen LogP contribution is 2.08. The topological polar surface area (TPSA) is 93.1 Å². The Bertz CT molecular complexity index is 311. The number of carbonyl (C=O) groups excluding carboxylic acids is 1. The van der Waals surface area contributed by atoms with Crippen LogP contribution >= 0.6 is 0 Å². The van der Waals surface area contributed by atoms with E-state index in [2.05, 4.69) is 10.2 Å². The van der Waals surface area contributed by atoms with Crippen molar-refractivity contribution in [2.24, 2.45) is 0 Å². The van der Waals surface area contributed by atoms with Gasteiger partial charge in [-0.05, 0) is 26.9 Å². The quantitative estimate of drug-likeness (QED) is 0.615. The SMILES string of the molecule is CC1CN(C)CCCN1C(=O)NC(CO)C(=O)O. The first-order valence-electron chi connectivity index (χ1n) is 6.05. The lowest BCUT2D eigenvalue weighted by molar-refractivity contribution is -0.140. The summed E-state index contributed by atoms with van der Waals surface area (Å²) in [4.78, 5) is 26.5. The van der Waals surface area contributed by atoms with E-state index in [0.717, 1.165) is 19.5 Å². The third kappa shape index (κ3) is 3.85. The minimum Gasteiger partial charge on any atom is -0.480 e. The summed E-state index contributed by atoms with van der Waals surface area (Å²) in [5.74, 6) is -1.23. The van der Waals surface area contributed by atoms with Gasteiger partial charge in [0.05, 0.1) is 6.61 Å². The predicted octanol–water partition coefficient (Wildman–Crippen LogP) is -0.832. The highest BCUT2D eigenvalue weighted by atomic mass is 16.4. The molecule has 7 nitrogen and oxygen atoms in total. The fraction of sp³-hybridized carbons (Fsp3) is 0.818. The number of nitrogens with one attached hydrogen (secondary N) is 1. The summed E-state index contributed by atoms with van der Waals surface area (Å²) >= 11 is 0. The van der Waals surface area contributed by atoms with Crippen molar-refractivity contribution < 1.29 is 19.8 Å². The standard InChI is InChI=1S/C11H21N3O4/c1-8-6-13(2)4-3-5-14(8)11(18)12-9(7-15)10(16)17/h8-9,15H,3-7H2,1-2H3,(H,12,18)(H,16,17). The molecule has 1 fully saturated rings. The van der Waals surface area contributed by atoms with Gasteiger partial charge in [0.1, 0.15) is 0 Å². The molecule has 7 heteroatoms. The molecule has 18 heavy (non-hydrogen) atoms. The van der Waals surface area contributed by atoms with E-state index < -0.39 is 24.6 Å². The Labute approximate surface area is 106 Å². The zero-order chi connectivity index (χ0) is 13.7. The molecule has 1 heterocycles. The molecule has 0 bridgehead atoms. The molecule has 1 saturated heterocycles. The maximum absolute atomic E-state index is 12.0. The van der Waals surface area contributed by atoms with E-state index in [-0.39, 0.29) is 6.04 Å². The van der Waals surface area contributed by atoms with Crippen molar-refractivity contribution in [1.82, 2.24) is 15.1 Å². The largest absolute Gasteiger partial charge is 0.480 e. The third-order valence-electron chi connectivity index (χ3n) is 3.09. The second-order valence-electron chi connectivity index (χ2n) is 4.68. The fourth-order valence-corrected chi connectivity index (χ4v) is 2.09. The Hall–Kier alpha value is -1.34. The third-order valence-corrected chi connectivity index (χ3v) is 3.09. The number of aliphatic hydroxyl groups is 1. The lowest BCUT2D eigenvalue weighted by Gasteiger charge is -2.29. The van der Waals surface area contributed by atoms with Crippen molar-refractivity contribution >= 4 is 12.0 Å². The molecule has 2 unspecified atom stereocenters. The summed E-state index contributed by atoms with van der Waals surface area (Å²) in [5, 5.41) is 20.0. The highest BCUT2D eigenvalue weighted by molar-refractivity contribution is 5.82. The molecular formula is C11H21N3O4. The first-order valence-corrected chi connectivity index (χ1v) is 6.05. The van der Waals surface area contributed by atoms with E-state index in [1.54, 1.807) is 4.90 Å². The van der Waals surface area contributed by atoms with Gasteiger partial charge >= 0.3 is 12.0 Å². The molecule has 0 aromatic carbocycles. The van der Waals surface area contributed by atoms with Crippen molar-refractivity contribution in [2.45, 2.75) is 25.4 Å². The lowest BCUT2D eigenvalue weighted by Crippen LogP contribution is -2.53. The van der Waals surface area contributed by atoms with E-state index in [0.29, 0.717) is 6.54 Å². The summed E-state index contributed by atoms with van der Waals surface area (Å²) in [6.07, 6.45) is 0.852. The van der Waals surface area contributed by atoms with E-state index >= 15 is 0 Å². The highest BCUT2D eigenvalue weighted by Gasteiger charge is 2.27. The molecule has 1 rings (SSSR count). The smallest absolute Gasteiger partial charge is 0.328 e. The van der Waals surface area contributed by atoms with Gasteiger partial charge in [0.15, 0.2) is 6.04 Å². The number of nitrogens with zero attached hydrogens (tertiary/aromatic N) is 2. The molecule has 0 aliphatic carbocycles. The van der Waals surface area contributed by atoms with Gasteiger partial charge < -0.3 is 25.3 Å². The number of aliphatic carboxylic acids is 1. The molecule has 3 N–H and O–H groups in total. The van der Waals surface area contributed by atoms with E-state index in [4.69, 9.17) is 10.2 Å². The maximum atomic E-state index is 12.0. The van der Waals surface area contributed by atoms with Gasteiger partial charge in [0.25, 0.3) is 0 Å². The average molecular weight is 259 g/mol. The van der Waals surface area contributed by atoms with Gasteiger partial charge in [-0.25, -0.2) is 9.59 Å². The van der Waals surface area contributed by atoms with Gasteiger partial charge in [-0.2, -0.15) is 0 Å². The molecule has 2 atom stereocenters. The van der Waals surface area contributed by atoms with Crippen LogP contribution in [-0.4, -0.2) is 77.4 Å². The van der Waals surface area contributed by atoms with Gasteiger partial charge in [0.2, 0.25) is 0 Å². The second kappa shape index (κ2) is 6.55. The molecule has 2 amide bonds. The number of carboxylic acids is 1. The molecule has 1 aliphatic heterocycles. The van der Waals surface area contributed by atoms with E-state index in [1.807, 2.05) is 14.0 Å². The Morgan fingerprint density at radius 3 is 2.67 bits per heavy atom. The fourth-order valence-electron chi connectivity index (χ4n) is 2.09. The van der Waals surface area contributed by atoms with Crippen LogP contribution in [-0.2, 0) is 4.79 Å². The molecule has 0 saturated carbocycles. The molecule has 0 aromatic heterocycles. The summed E-state index contributed by atoms with van der Waals surface area (Å²) in [5.41, 5.74) is 0.